The van der Waals surface area contributed by atoms with Crippen molar-refractivity contribution in [2.24, 2.45) is 0 Å². The Morgan fingerprint density at radius 1 is 0.543 bits per heavy atom. The van der Waals surface area contributed by atoms with Gasteiger partial charge in [-0.25, -0.2) is 0 Å². The zero-order chi connectivity index (χ0) is 31.2. The summed E-state index contributed by atoms with van der Waals surface area (Å²) in [6.07, 6.45) is 0. The van der Waals surface area contributed by atoms with Gasteiger partial charge in [0, 0.05) is 47.6 Å². The van der Waals surface area contributed by atoms with Crippen LogP contribution in [0.5, 0.6) is 0 Å². The third-order valence-electron chi connectivity index (χ3n) is 9.38. The first kappa shape index (κ1) is 27.2. The van der Waals surface area contributed by atoms with Gasteiger partial charge in [0.25, 0.3) is 0 Å². The normalized spacial score (nSPS) is 12.3. The lowest BCUT2D eigenvalue weighted by Crippen LogP contribution is -2.11. The van der Waals surface area contributed by atoms with Gasteiger partial charge >= 0.3 is 0 Å². The second-order valence-corrected chi connectivity index (χ2v) is 14.6. The molecule has 2 nitrogen and oxygen atoms in total. The fourth-order valence-corrected chi connectivity index (χ4v) is 8.43. The molecule has 0 aliphatic heterocycles. The molecule has 0 bridgehead atoms. The number of hydrogen-bond donors (Lipinski definition) is 0. The molecule has 46 heavy (non-hydrogen) atoms. The van der Waals surface area contributed by atoms with Crippen LogP contribution < -0.4 is 4.90 Å². The maximum Gasteiger partial charge on any atom is 0.159 e. The first-order valence-corrected chi connectivity index (χ1v) is 16.7. The van der Waals surface area contributed by atoms with Crippen molar-refractivity contribution in [3.63, 3.8) is 0 Å². The van der Waals surface area contributed by atoms with E-state index in [9.17, 15) is 0 Å². The Hall–Kier alpha value is -5.12. The molecule has 0 aliphatic carbocycles. The number of thiophene rings is 1. The standard InChI is InChI=1S/C43H33NOS/c1-26-12-9-15-29(22-26)44(36-21-11-19-33-32-18-10-20-35(43(2,3)4)41(32)45-42(33)36)37-25-39-40(31-17-8-7-16-30(31)37)34-23-27-13-5-6-14-28(27)24-38(34)46-39/h5-25H,1-4H3. The third kappa shape index (κ3) is 4.08. The summed E-state index contributed by atoms with van der Waals surface area (Å²) in [4.78, 5) is 2.41. The number of rotatable bonds is 3. The summed E-state index contributed by atoms with van der Waals surface area (Å²) in [7, 11) is 0. The molecule has 0 saturated heterocycles. The zero-order valence-corrected chi connectivity index (χ0v) is 27.2. The Balaban J connectivity index is 1.39. The SMILES string of the molecule is Cc1cccc(N(c2cc3sc4cc5ccccc5cc4c3c3ccccc23)c2cccc3c2oc2c(C(C)(C)C)cccc23)c1. The molecule has 0 fully saturated rings. The van der Waals surface area contributed by atoms with Crippen LogP contribution in [0.4, 0.5) is 17.1 Å². The third-order valence-corrected chi connectivity index (χ3v) is 10.5. The molecule has 0 saturated carbocycles. The fraction of sp³-hybridized carbons (Fsp3) is 0.116. The highest BCUT2D eigenvalue weighted by molar-refractivity contribution is 7.26. The Morgan fingerprint density at radius 3 is 2.00 bits per heavy atom. The highest BCUT2D eigenvalue weighted by atomic mass is 32.1. The van der Waals surface area contributed by atoms with Crippen molar-refractivity contribution in [3.05, 3.63) is 139 Å². The molecule has 0 unspecified atom stereocenters. The molecule has 9 aromatic rings. The predicted molar refractivity (Wildman–Crippen MR) is 200 cm³/mol. The van der Waals surface area contributed by atoms with E-state index in [0.717, 1.165) is 39.0 Å². The van der Waals surface area contributed by atoms with Gasteiger partial charge < -0.3 is 9.32 Å². The summed E-state index contributed by atoms with van der Waals surface area (Å²) < 4.78 is 9.54. The topological polar surface area (TPSA) is 16.4 Å². The first-order valence-electron chi connectivity index (χ1n) is 15.9. The molecule has 2 aromatic heterocycles. The van der Waals surface area contributed by atoms with Crippen LogP contribution in [0.3, 0.4) is 0 Å². The Bertz CT molecular complexity index is 2650. The van der Waals surface area contributed by atoms with E-state index in [1.165, 1.54) is 52.8 Å². The van der Waals surface area contributed by atoms with E-state index in [4.69, 9.17) is 4.42 Å². The first-order chi connectivity index (χ1) is 22.3. The molecule has 9 rings (SSSR count). The summed E-state index contributed by atoms with van der Waals surface area (Å²) in [5.74, 6) is 0. The molecule has 0 spiro atoms. The van der Waals surface area contributed by atoms with Gasteiger partial charge in [-0.2, -0.15) is 0 Å². The van der Waals surface area contributed by atoms with Crippen molar-refractivity contribution in [2.75, 3.05) is 4.90 Å². The van der Waals surface area contributed by atoms with E-state index in [1.807, 2.05) is 11.3 Å². The van der Waals surface area contributed by atoms with Gasteiger partial charge in [0.15, 0.2) is 5.58 Å². The summed E-state index contributed by atoms with van der Waals surface area (Å²) >= 11 is 1.88. The van der Waals surface area contributed by atoms with Crippen molar-refractivity contribution >= 4 is 92.1 Å². The minimum Gasteiger partial charge on any atom is -0.454 e. The second-order valence-electron chi connectivity index (χ2n) is 13.5. The molecular weight excluding hydrogens is 579 g/mol. The predicted octanol–water partition coefficient (Wildman–Crippen LogP) is 13.3. The van der Waals surface area contributed by atoms with Crippen LogP contribution in [-0.4, -0.2) is 0 Å². The molecule has 3 heteroatoms. The average molecular weight is 612 g/mol. The quantitative estimate of drug-likeness (QED) is 0.198. The number of fused-ring (bicyclic) bond motifs is 9. The van der Waals surface area contributed by atoms with Gasteiger partial charge in [-0.15, -0.1) is 11.3 Å². The number of nitrogens with zero attached hydrogens (tertiary/aromatic N) is 1. The van der Waals surface area contributed by atoms with Crippen molar-refractivity contribution in [2.45, 2.75) is 33.1 Å². The maximum absolute atomic E-state index is 6.95. The van der Waals surface area contributed by atoms with E-state index < -0.39 is 0 Å². The number of furan rings is 1. The highest BCUT2D eigenvalue weighted by Crippen LogP contribution is 2.49. The van der Waals surface area contributed by atoms with E-state index >= 15 is 0 Å². The molecule has 0 amide bonds. The van der Waals surface area contributed by atoms with Gasteiger partial charge in [-0.3, -0.25) is 0 Å². The number of anilines is 3. The van der Waals surface area contributed by atoms with Crippen molar-refractivity contribution in [1.82, 2.24) is 0 Å². The van der Waals surface area contributed by atoms with E-state index in [1.54, 1.807) is 0 Å². The Labute approximate surface area is 272 Å². The van der Waals surface area contributed by atoms with E-state index in [2.05, 4.69) is 160 Å². The van der Waals surface area contributed by atoms with Gasteiger partial charge in [-0.1, -0.05) is 112 Å². The van der Waals surface area contributed by atoms with Crippen LogP contribution >= 0.6 is 11.3 Å². The monoisotopic (exact) mass is 611 g/mol. The number of para-hydroxylation sites is 2. The Morgan fingerprint density at radius 2 is 1.22 bits per heavy atom. The van der Waals surface area contributed by atoms with Gasteiger partial charge in [-0.05, 0) is 70.5 Å². The number of hydrogen-bond acceptors (Lipinski definition) is 3. The molecule has 7 aromatic carbocycles. The lowest BCUT2D eigenvalue weighted by atomic mass is 9.86. The zero-order valence-electron chi connectivity index (χ0n) is 26.4. The van der Waals surface area contributed by atoms with Gasteiger partial charge in [0.1, 0.15) is 5.58 Å². The summed E-state index contributed by atoms with van der Waals surface area (Å²) in [6, 6.07) is 46.6. The summed E-state index contributed by atoms with van der Waals surface area (Å²) in [6.45, 7) is 8.93. The van der Waals surface area contributed by atoms with E-state index in [-0.39, 0.29) is 5.41 Å². The molecule has 0 radical (unpaired) electrons. The molecule has 0 N–H and O–H groups in total. The van der Waals surface area contributed by atoms with Crippen LogP contribution in [0, 0.1) is 6.92 Å². The van der Waals surface area contributed by atoms with Crippen molar-refractivity contribution in [1.29, 1.82) is 0 Å². The number of aryl methyl sites for hydroxylation is 1. The molecular formula is C43H33NOS. The molecule has 222 valence electrons. The van der Waals surface area contributed by atoms with E-state index in [0.29, 0.717) is 0 Å². The van der Waals surface area contributed by atoms with Crippen LogP contribution in [-0.2, 0) is 5.41 Å². The average Bonchev–Trinajstić information content (AvgIpc) is 3.61. The van der Waals surface area contributed by atoms with Crippen LogP contribution in [0.15, 0.2) is 132 Å². The molecule has 0 atom stereocenters. The lowest BCUT2D eigenvalue weighted by molar-refractivity contribution is 0.573. The largest absolute Gasteiger partial charge is 0.454 e. The summed E-state index contributed by atoms with van der Waals surface area (Å²) in [5, 5.41) is 9.96. The number of benzene rings is 7. The minimum absolute atomic E-state index is 0.0446. The summed E-state index contributed by atoms with van der Waals surface area (Å²) in [5.41, 5.74) is 7.56. The van der Waals surface area contributed by atoms with Crippen LogP contribution in [0.2, 0.25) is 0 Å². The maximum atomic E-state index is 6.95. The van der Waals surface area contributed by atoms with Crippen molar-refractivity contribution in [3.8, 4) is 0 Å². The Kier molecular flexibility index (Phi) is 5.88. The van der Waals surface area contributed by atoms with Crippen LogP contribution in [0.1, 0.15) is 31.9 Å². The smallest absolute Gasteiger partial charge is 0.159 e. The van der Waals surface area contributed by atoms with Gasteiger partial charge in [0.2, 0.25) is 0 Å². The van der Waals surface area contributed by atoms with Gasteiger partial charge in [0.05, 0.1) is 11.4 Å². The molecule has 0 aliphatic rings. The van der Waals surface area contributed by atoms with Crippen molar-refractivity contribution < 1.29 is 4.42 Å². The fourth-order valence-electron chi connectivity index (χ4n) is 7.24. The minimum atomic E-state index is -0.0446. The highest BCUT2D eigenvalue weighted by Gasteiger charge is 2.25. The van der Waals surface area contributed by atoms with Crippen LogP contribution in [0.25, 0.3) is 63.7 Å². The second kappa shape index (κ2) is 9.94. The lowest BCUT2D eigenvalue weighted by Gasteiger charge is -2.27. The molecule has 2 heterocycles.